The molecule has 1 aromatic rings. The Labute approximate surface area is 165 Å². The third-order valence-electron chi connectivity index (χ3n) is 5.55. The Morgan fingerprint density at radius 3 is 2.50 bits per heavy atom. The number of morpholine rings is 1. The molecular weight excluding hydrogens is 358 g/mol. The van der Waals surface area contributed by atoms with Crippen molar-refractivity contribution in [1.82, 2.24) is 20.4 Å². The number of nitrogens with zero attached hydrogens (tertiary/aromatic N) is 3. The average Bonchev–Trinajstić information content (AvgIpc) is 3.02. The van der Waals surface area contributed by atoms with Gasteiger partial charge in [-0.25, -0.2) is 4.79 Å². The lowest BCUT2D eigenvalue weighted by molar-refractivity contribution is -0.126. The van der Waals surface area contributed by atoms with Gasteiger partial charge in [-0.2, -0.15) is 0 Å². The summed E-state index contributed by atoms with van der Waals surface area (Å²) >= 11 is 0. The quantitative estimate of drug-likeness (QED) is 0.774. The molecule has 0 radical (unpaired) electrons. The number of rotatable bonds is 5. The van der Waals surface area contributed by atoms with Gasteiger partial charge in [-0.3, -0.25) is 9.69 Å². The molecule has 3 aliphatic heterocycles. The van der Waals surface area contributed by atoms with Crippen LogP contribution in [0.5, 0.6) is 0 Å². The van der Waals surface area contributed by atoms with Crippen molar-refractivity contribution in [2.45, 2.75) is 6.04 Å². The Hall–Kier alpha value is -2.58. The summed E-state index contributed by atoms with van der Waals surface area (Å²) in [6.07, 6.45) is 0. The molecule has 2 N–H and O–H groups in total. The summed E-state index contributed by atoms with van der Waals surface area (Å²) in [5.74, 6) is -0.00237. The minimum absolute atomic E-state index is 0.00237. The molecule has 1 atom stereocenters. The van der Waals surface area contributed by atoms with Crippen LogP contribution in [0.3, 0.4) is 0 Å². The molecule has 150 valence electrons. The van der Waals surface area contributed by atoms with Gasteiger partial charge in [0.25, 0.3) is 5.91 Å². The summed E-state index contributed by atoms with van der Waals surface area (Å²) in [7, 11) is 3.96. The first-order valence-electron chi connectivity index (χ1n) is 9.70. The maximum atomic E-state index is 13.1. The normalized spacial score (nSPS) is 22.8. The molecule has 28 heavy (non-hydrogen) atoms. The van der Waals surface area contributed by atoms with Gasteiger partial charge in [0, 0.05) is 46.0 Å². The first-order valence-corrected chi connectivity index (χ1v) is 9.70. The first kappa shape index (κ1) is 18.8. The molecule has 3 amide bonds. The predicted octanol–water partition coefficient (Wildman–Crippen LogP) is 0.535. The zero-order valence-corrected chi connectivity index (χ0v) is 16.4. The second-order valence-corrected chi connectivity index (χ2v) is 7.59. The van der Waals surface area contributed by atoms with Gasteiger partial charge < -0.3 is 25.2 Å². The number of ether oxygens (including phenoxy) is 1. The van der Waals surface area contributed by atoms with Gasteiger partial charge in [-0.1, -0.05) is 12.1 Å². The molecule has 0 spiro atoms. The molecule has 4 rings (SSSR count). The van der Waals surface area contributed by atoms with Crippen LogP contribution in [0.15, 0.2) is 35.5 Å². The van der Waals surface area contributed by atoms with Crippen LogP contribution >= 0.6 is 0 Å². The molecule has 0 saturated carbocycles. The van der Waals surface area contributed by atoms with E-state index in [2.05, 4.69) is 15.5 Å². The molecule has 1 fully saturated rings. The first-order chi connectivity index (χ1) is 13.5. The topological polar surface area (TPSA) is 77.2 Å². The average molecular weight is 385 g/mol. The highest BCUT2D eigenvalue weighted by Crippen LogP contribution is 2.33. The van der Waals surface area contributed by atoms with Crippen LogP contribution in [-0.4, -0.2) is 81.8 Å². The smallest absolute Gasteiger partial charge is 0.319 e. The third-order valence-corrected chi connectivity index (χ3v) is 5.55. The van der Waals surface area contributed by atoms with Crippen LogP contribution in [0, 0.1) is 0 Å². The van der Waals surface area contributed by atoms with Crippen LogP contribution in [-0.2, 0) is 9.53 Å². The van der Waals surface area contributed by atoms with Crippen LogP contribution in [0.2, 0.25) is 0 Å². The Balaban J connectivity index is 1.49. The Kier molecular flexibility index (Phi) is 5.23. The fourth-order valence-corrected chi connectivity index (χ4v) is 3.91. The SMILES string of the molecule is CN(C)c1ccc(C2NC(=O)NC3=C2C(=O)N(CCN2CCOCC2)C3)cc1. The van der Waals surface area contributed by atoms with E-state index in [1.807, 2.05) is 48.2 Å². The molecule has 3 aliphatic rings. The Morgan fingerprint density at radius 1 is 1.11 bits per heavy atom. The summed E-state index contributed by atoms with van der Waals surface area (Å²) in [4.78, 5) is 31.4. The Bertz CT molecular complexity index is 784. The summed E-state index contributed by atoms with van der Waals surface area (Å²) in [5.41, 5.74) is 3.36. The lowest BCUT2D eigenvalue weighted by Crippen LogP contribution is -2.44. The van der Waals surface area contributed by atoms with Crippen molar-refractivity contribution in [3.8, 4) is 0 Å². The zero-order chi connectivity index (χ0) is 19.7. The molecule has 3 heterocycles. The van der Waals surface area contributed by atoms with Crippen molar-refractivity contribution in [2.75, 3.05) is 64.9 Å². The Morgan fingerprint density at radius 2 is 1.82 bits per heavy atom. The van der Waals surface area contributed by atoms with Crippen LogP contribution in [0.1, 0.15) is 11.6 Å². The van der Waals surface area contributed by atoms with Gasteiger partial charge in [0.05, 0.1) is 37.1 Å². The number of anilines is 1. The second kappa shape index (κ2) is 7.81. The summed E-state index contributed by atoms with van der Waals surface area (Å²) < 4.78 is 5.38. The van der Waals surface area contributed by atoms with Gasteiger partial charge in [-0.15, -0.1) is 0 Å². The van der Waals surface area contributed by atoms with E-state index in [1.165, 1.54) is 0 Å². The van der Waals surface area contributed by atoms with Crippen LogP contribution < -0.4 is 15.5 Å². The van der Waals surface area contributed by atoms with E-state index >= 15 is 0 Å². The van der Waals surface area contributed by atoms with Gasteiger partial charge >= 0.3 is 6.03 Å². The van der Waals surface area contributed by atoms with Crippen LogP contribution in [0.25, 0.3) is 0 Å². The van der Waals surface area contributed by atoms with Crippen molar-refractivity contribution in [2.24, 2.45) is 0 Å². The summed E-state index contributed by atoms with van der Waals surface area (Å²) in [6, 6.07) is 7.27. The van der Waals surface area contributed by atoms with E-state index in [0.717, 1.165) is 49.8 Å². The van der Waals surface area contributed by atoms with Crippen LogP contribution in [0.4, 0.5) is 10.5 Å². The minimum Gasteiger partial charge on any atom is -0.379 e. The number of carbonyl (C=O) groups excluding carboxylic acids is 2. The number of nitrogens with one attached hydrogen (secondary N) is 2. The van der Waals surface area contributed by atoms with Gasteiger partial charge in [0.15, 0.2) is 0 Å². The third kappa shape index (κ3) is 3.70. The number of benzene rings is 1. The van der Waals surface area contributed by atoms with E-state index in [-0.39, 0.29) is 11.9 Å². The van der Waals surface area contributed by atoms with E-state index < -0.39 is 6.04 Å². The lowest BCUT2D eigenvalue weighted by Gasteiger charge is -2.28. The van der Waals surface area contributed by atoms with Crippen molar-refractivity contribution in [1.29, 1.82) is 0 Å². The standard InChI is InChI=1S/C20H27N5O3/c1-23(2)15-5-3-14(4-6-15)18-17-16(21-20(27)22-18)13-25(19(17)26)8-7-24-9-11-28-12-10-24/h3-6,18H,7-13H2,1-2H3,(H2,21,22,27). The van der Waals surface area contributed by atoms with E-state index in [9.17, 15) is 9.59 Å². The lowest BCUT2D eigenvalue weighted by atomic mass is 9.96. The monoisotopic (exact) mass is 385 g/mol. The van der Waals surface area contributed by atoms with Gasteiger partial charge in [0.1, 0.15) is 0 Å². The zero-order valence-electron chi connectivity index (χ0n) is 16.4. The highest BCUT2D eigenvalue weighted by atomic mass is 16.5. The number of hydrogen-bond donors (Lipinski definition) is 2. The fourth-order valence-electron chi connectivity index (χ4n) is 3.91. The largest absolute Gasteiger partial charge is 0.379 e. The highest BCUT2D eigenvalue weighted by Gasteiger charge is 2.40. The van der Waals surface area contributed by atoms with E-state index in [1.54, 1.807) is 0 Å². The summed E-state index contributed by atoms with van der Waals surface area (Å²) in [6.45, 7) is 5.20. The summed E-state index contributed by atoms with van der Waals surface area (Å²) in [5, 5.41) is 5.74. The van der Waals surface area contributed by atoms with Gasteiger partial charge in [-0.05, 0) is 17.7 Å². The highest BCUT2D eigenvalue weighted by molar-refractivity contribution is 6.01. The van der Waals surface area contributed by atoms with E-state index in [0.29, 0.717) is 18.7 Å². The molecule has 8 nitrogen and oxygen atoms in total. The molecule has 0 aliphatic carbocycles. The van der Waals surface area contributed by atoms with Crippen molar-refractivity contribution >= 4 is 17.6 Å². The number of urea groups is 1. The van der Waals surface area contributed by atoms with E-state index in [4.69, 9.17) is 4.74 Å². The fraction of sp³-hybridized carbons (Fsp3) is 0.500. The predicted molar refractivity (Wildman–Crippen MR) is 106 cm³/mol. The molecule has 8 heteroatoms. The molecular formula is C20H27N5O3. The molecule has 1 unspecified atom stereocenters. The second-order valence-electron chi connectivity index (χ2n) is 7.59. The maximum absolute atomic E-state index is 13.1. The van der Waals surface area contributed by atoms with Crippen molar-refractivity contribution in [3.05, 3.63) is 41.1 Å². The van der Waals surface area contributed by atoms with Crippen molar-refractivity contribution in [3.63, 3.8) is 0 Å². The number of amides is 3. The molecule has 0 bridgehead atoms. The molecule has 1 aromatic carbocycles. The molecule has 1 saturated heterocycles. The number of hydrogen-bond acceptors (Lipinski definition) is 5. The molecule has 0 aromatic heterocycles. The van der Waals surface area contributed by atoms with Crippen molar-refractivity contribution < 1.29 is 14.3 Å². The minimum atomic E-state index is -0.416. The number of carbonyl (C=O) groups is 2. The maximum Gasteiger partial charge on any atom is 0.319 e. The van der Waals surface area contributed by atoms with Gasteiger partial charge in [0.2, 0.25) is 0 Å².